The van der Waals surface area contributed by atoms with Crippen molar-refractivity contribution in [2.24, 2.45) is 0 Å². The zero-order valence-corrected chi connectivity index (χ0v) is 14.3. The summed E-state index contributed by atoms with van der Waals surface area (Å²) in [5, 5.41) is 8.97. The molecule has 0 rings (SSSR count). The van der Waals surface area contributed by atoms with Gasteiger partial charge in [0.1, 0.15) is 5.60 Å². The van der Waals surface area contributed by atoms with Crippen molar-refractivity contribution in [3.63, 3.8) is 0 Å². The molecule has 0 aliphatic heterocycles. The second-order valence-corrected chi connectivity index (χ2v) is 12.6. The second-order valence-electron chi connectivity index (χ2n) is 6.65. The van der Waals surface area contributed by atoms with Crippen molar-refractivity contribution < 1.29 is 36.2 Å². The molecule has 130 valence electrons. The van der Waals surface area contributed by atoms with E-state index in [4.69, 9.17) is 5.11 Å². The maximum atomic E-state index is 12.4. The molecule has 1 N–H and O–H groups in total. The Kier molecular flexibility index (Phi) is 7.52. The predicted molar refractivity (Wildman–Crippen MR) is 72.0 cm³/mol. The van der Waals surface area contributed by atoms with Crippen molar-refractivity contribution >= 4 is 8.07 Å². The normalized spacial score (nSPS) is 14.6. The molecule has 0 aliphatic carbocycles. The summed E-state index contributed by atoms with van der Waals surface area (Å²) in [5.74, 6) is 0. The van der Waals surface area contributed by atoms with Crippen LogP contribution in [0.2, 0.25) is 26.2 Å². The first-order valence-corrected chi connectivity index (χ1v) is 10.3. The lowest BCUT2D eigenvalue weighted by atomic mass is 9.84. The van der Waals surface area contributed by atoms with Gasteiger partial charge < -0.3 is 9.84 Å². The van der Waals surface area contributed by atoms with Gasteiger partial charge in [0.15, 0.2) is 0 Å². The van der Waals surface area contributed by atoms with E-state index < -0.39 is 31.6 Å². The van der Waals surface area contributed by atoms with E-state index in [0.717, 1.165) is 0 Å². The van der Waals surface area contributed by atoms with Gasteiger partial charge in [0, 0.05) is 14.7 Å². The van der Waals surface area contributed by atoms with Gasteiger partial charge in [0.05, 0.1) is 0 Å². The molecule has 0 bridgehead atoms. The van der Waals surface area contributed by atoms with E-state index in [1.54, 1.807) is 0 Å². The van der Waals surface area contributed by atoms with Crippen molar-refractivity contribution in [1.29, 1.82) is 0 Å². The molecule has 0 aliphatic rings. The van der Waals surface area contributed by atoms with Crippen molar-refractivity contribution in [3.05, 3.63) is 0 Å². The Morgan fingerprint density at radius 1 is 0.857 bits per heavy atom. The zero-order valence-electron chi connectivity index (χ0n) is 13.3. The molecule has 0 fully saturated rings. The molecule has 0 aromatic heterocycles. The van der Waals surface area contributed by atoms with Crippen LogP contribution in [0.25, 0.3) is 0 Å². The molecule has 0 unspecified atom stereocenters. The first kappa shape index (κ1) is 23.0. The zero-order chi connectivity index (χ0) is 17.9. The fourth-order valence-electron chi connectivity index (χ4n) is 1.31. The number of alkyl halides is 6. The lowest BCUT2D eigenvalue weighted by Crippen LogP contribution is -2.69. The lowest BCUT2D eigenvalue weighted by Gasteiger charge is -2.43. The smallest absolute Gasteiger partial charge is 0.372 e. The van der Waals surface area contributed by atoms with Gasteiger partial charge in [-0.25, -0.2) is 0 Å². The summed E-state index contributed by atoms with van der Waals surface area (Å²) in [6.45, 7) is 11.2. The minimum absolute atomic E-state index is 0.387. The molecule has 0 saturated carbocycles. The summed E-state index contributed by atoms with van der Waals surface area (Å²) in [5.41, 5.74) is -7.72. The van der Waals surface area contributed by atoms with Crippen molar-refractivity contribution in [1.82, 2.24) is 0 Å². The summed E-state index contributed by atoms with van der Waals surface area (Å²) < 4.78 is 78.6. The Bertz CT molecular complexity index is 297. The number of rotatable bonds is 3. The maximum absolute atomic E-state index is 12.4. The number of hydrogen-bond donors (Lipinski definition) is 1. The molecule has 9 heteroatoms. The van der Waals surface area contributed by atoms with Gasteiger partial charge in [-0.2, -0.15) is 26.3 Å². The summed E-state index contributed by atoms with van der Waals surface area (Å²) >= 11 is 0. The summed E-state index contributed by atoms with van der Waals surface area (Å²) in [6.07, 6.45) is -11.7. The van der Waals surface area contributed by atoms with Gasteiger partial charge in [-0.3, -0.25) is 0 Å². The number of halogens is 6. The van der Waals surface area contributed by atoms with Crippen LogP contribution in [0.4, 0.5) is 26.3 Å². The van der Waals surface area contributed by atoms with E-state index in [0.29, 0.717) is 13.8 Å². The molecule has 2 nitrogen and oxygen atoms in total. The van der Waals surface area contributed by atoms with Crippen LogP contribution in [0.1, 0.15) is 20.8 Å². The standard InChI is InChI=1S/C8H12F6O2.C4H12Si/c1-4-16-5(2,3)6(15,7(9,10)11)8(12,13)14;1-5(2,3)4/h15H,4H2,1-3H3;1-4H3. The Balaban J connectivity index is 0. The van der Waals surface area contributed by atoms with E-state index in [9.17, 15) is 26.3 Å². The van der Waals surface area contributed by atoms with Crippen LogP contribution < -0.4 is 0 Å². The van der Waals surface area contributed by atoms with Crippen LogP contribution in [-0.4, -0.2) is 43.3 Å². The first-order valence-electron chi connectivity index (χ1n) is 6.31. The van der Waals surface area contributed by atoms with Gasteiger partial charge in [-0.05, 0) is 20.8 Å². The molecular formula is C12H24F6O2Si. The largest absolute Gasteiger partial charge is 0.429 e. The van der Waals surface area contributed by atoms with E-state index in [2.05, 4.69) is 30.9 Å². The number of aliphatic hydroxyl groups is 1. The molecule has 0 heterocycles. The SMILES string of the molecule is CCOC(C)(C)C(O)(C(F)(F)F)C(F)(F)F.C[Si](C)(C)C. The Labute approximate surface area is 122 Å². The fraction of sp³-hybridized carbons (Fsp3) is 1.00. The number of ether oxygens (including phenoxy) is 1. The van der Waals surface area contributed by atoms with E-state index in [-0.39, 0.29) is 6.61 Å². The van der Waals surface area contributed by atoms with Crippen molar-refractivity contribution in [2.75, 3.05) is 6.61 Å². The third-order valence-corrected chi connectivity index (χ3v) is 2.20. The fourth-order valence-corrected chi connectivity index (χ4v) is 1.31. The lowest BCUT2D eigenvalue weighted by molar-refractivity contribution is -0.411. The Morgan fingerprint density at radius 2 is 1.10 bits per heavy atom. The van der Waals surface area contributed by atoms with Crippen LogP contribution in [0.3, 0.4) is 0 Å². The second kappa shape index (κ2) is 6.87. The Hall–Kier alpha value is -0.283. The number of hydrogen-bond acceptors (Lipinski definition) is 2. The Morgan fingerprint density at radius 3 is 1.24 bits per heavy atom. The third kappa shape index (κ3) is 6.56. The maximum Gasteiger partial charge on any atom is 0.429 e. The van der Waals surface area contributed by atoms with E-state index in [1.165, 1.54) is 6.92 Å². The van der Waals surface area contributed by atoms with E-state index >= 15 is 0 Å². The summed E-state index contributed by atoms with van der Waals surface area (Å²) in [6, 6.07) is 0. The monoisotopic (exact) mass is 342 g/mol. The molecule has 0 radical (unpaired) electrons. The third-order valence-electron chi connectivity index (χ3n) is 2.20. The predicted octanol–water partition coefficient (Wildman–Crippen LogP) is 4.61. The summed E-state index contributed by atoms with van der Waals surface area (Å²) in [7, 11) is -0.611. The highest BCUT2D eigenvalue weighted by molar-refractivity contribution is 6.74. The average Bonchev–Trinajstić information content (AvgIpc) is 2.09. The summed E-state index contributed by atoms with van der Waals surface area (Å²) in [4.78, 5) is 0. The van der Waals surface area contributed by atoms with Gasteiger partial charge in [0.25, 0.3) is 5.60 Å². The van der Waals surface area contributed by atoms with Crippen LogP contribution in [0, 0.1) is 0 Å². The van der Waals surface area contributed by atoms with Gasteiger partial charge in [-0.1, -0.05) is 26.2 Å². The highest BCUT2D eigenvalue weighted by atomic mass is 28.3. The minimum Gasteiger partial charge on any atom is -0.372 e. The highest BCUT2D eigenvalue weighted by Crippen LogP contribution is 2.50. The average molecular weight is 342 g/mol. The topological polar surface area (TPSA) is 29.5 Å². The highest BCUT2D eigenvalue weighted by Gasteiger charge is 2.77. The van der Waals surface area contributed by atoms with Crippen LogP contribution >= 0.6 is 0 Å². The molecule has 0 aromatic rings. The minimum atomic E-state index is -5.87. The van der Waals surface area contributed by atoms with Gasteiger partial charge in [-0.15, -0.1) is 0 Å². The molecule has 0 atom stereocenters. The first-order chi connectivity index (χ1) is 8.81. The molecular weight excluding hydrogens is 318 g/mol. The molecule has 0 saturated heterocycles. The van der Waals surface area contributed by atoms with Gasteiger partial charge in [0.2, 0.25) is 0 Å². The quantitative estimate of drug-likeness (QED) is 0.599. The van der Waals surface area contributed by atoms with Crippen molar-refractivity contribution in [3.8, 4) is 0 Å². The van der Waals surface area contributed by atoms with Crippen LogP contribution in [-0.2, 0) is 4.74 Å². The van der Waals surface area contributed by atoms with Crippen LogP contribution in [0.15, 0.2) is 0 Å². The molecule has 0 amide bonds. The van der Waals surface area contributed by atoms with E-state index in [1.807, 2.05) is 0 Å². The molecule has 0 aromatic carbocycles. The van der Waals surface area contributed by atoms with Crippen LogP contribution in [0.5, 0.6) is 0 Å². The van der Waals surface area contributed by atoms with Crippen molar-refractivity contribution in [2.45, 2.75) is 70.5 Å². The molecule has 21 heavy (non-hydrogen) atoms. The van der Waals surface area contributed by atoms with Gasteiger partial charge >= 0.3 is 12.4 Å². The molecule has 0 spiro atoms.